The highest BCUT2D eigenvalue weighted by molar-refractivity contribution is 6.36. The Bertz CT molecular complexity index is 820. The van der Waals surface area contributed by atoms with Gasteiger partial charge in [0.2, 0.25) is 0 Å². The fourth-order valence-electron chi connectivity index (χ4n) is 1.82. The molecule has 0 aromatic heterocycles. The summed E-state index contributed by atoms with van der Waals surface area (Å²) in [5.74, 6) is -4.08. The number of nitrogens with one attached hydrogen (secondary N) is 1. The molecule has 1 N–H and O–H groups in total. The molecule has 0 aliphatic heterocycles. The van der Waals surface area contributed by atoms with Gasteiger partial charge in [0, 0.05) is 16.1 Å². The van der Waals surface area contributed by atoms with Gasteiger partial charge < -0.3 is 25.1 Å². The van der Waals surface area contributed by atoms with E-state index in [1.165, 1.54) is 18.2 Å². The van der Waals surface area contributed by atoms with Crippen LogP contribution >= 0.6 is 23.2 Å². The lowest BCUT2D eigenvalue weighted by Gasteiger charge is -2.14. The van der Waals surface area contributed by atoms with Crippen molar-refractivity contribution in [2.45, 2.75) is 0 Å². The first-order chi connectivity index (χ1) is 10.8. The van der Waals surface area contributed by atoms with Gasteiger partial charge in [-0.1, -0.05) is 29.3 Å². The molecule has 0 aliphatic rings. The second-order valence-electron chi connectivity index (χ2n) is 4.41. The van der Waals surface area contributed by atoms with Crippen LogP contribution in [-0.2, 0) is 0 Å². The van der Waals surface area contributed by atoms with Crippen molar-refractivity contribution in [1.82, 2.24) is 0 Å². The Morgan fingerprint density at radius 3 is 2.17 bits per heavy atom. The summed E-state index contributed by atoms with van der Waals surface area (Å²) in [5.41, 5.74) is -1.08. The van der Waals surface area contributed by atoms with Crippen LogP contribution < -0.4 is 15.5 Å². The van der Waals surface area contributed by atoms with Gasteiger partial charge in [-0.2, -0.15) is 0 Å². The van der Waals surface area contributed by atoms with Crippen molar-refractivity contribution in [3.63, 3.8) is 0 Å². The fourth-order valence-corrected chi connectivity index (χ4v) is 2.16. The Labute approximate surface area is 140 Å². The quantitative estimate of drug-likeness (QED) is 0.882. The van der Waals surface area contributed by atoms with E-state index >= 15 is 0 Å². The van der Waals surface area contributed by atoms with Crippen LogP contribution in [0.2, 0.25) is 10.0 Å². The van der Waals surface area contributed by atoms with Crippen LogP contribution in [0.4, 0.5) is 5.69 Å². The lowest BCUT2D eigenvalue weighted by atomic mass is 10.0. The highest BCUT2D eigenvalue weighted by Crippen LogP contribution is 2.26. The molecule has 8 heteroatoms. The molecule has 0 spiro atoms. The van der Waals surface area contributed by atoms with Crippen LogP contribution in [0, 0.1) is 0 Å². The van der Waals surface area contributed by atoms with E-state index in [0.717, 1.165) is 18.2 Å². The van der Waals surface area contributed by atoms with Crippen LogP contribution in [0.15, 0.2) is 36.4 Å². The molecule has 6 nitrogen and oxygen atoms in total. The van der Waals surface area contributed by atoms with E-state index in [-0.39, 0.29) is 21.8 Å². The lowest BCUT2D eigenvalue weighted by molar-refractivity contribution is -0.255. The number of carbonyl (C=O) groups excluding carboxylic acids is 3. The molecule has 0 saturated carbocycles. The molecule has 2 aromatic carbocycles. The number of carboxylic acids is 2. The molecule has 0 unspecified atom stereocenters. The molecule has 0 fully saturated rings. The third-order valence-electron chi connectivity index (χ3n) is 2.90. The smallest absolute Gasteiger partial charge is 0.256 e. The minimum atomic E-state index is -1.70. The van der Waals surface area contributed by atoms with E-state index in [0.29, 0.717) is 5.02 Å². The molecule has 0 radical (unpaired) electrons. The molecule has 0 saturated heterocycles. The van der Waals surface area contributed by atoms with Crippen molar-refractivity contribution < 1.29 is 24.6 Å². The Hall–Kier alpha value is -2.57. The zero-order chi connectivity index (χ0) is 17.1. The van der Waals surface area contributed by atoms with Gasteiger partial charge in [-0.15, -0.1) is 0 Å². The Kier molecular flexibility index (Phi) is 4.88. The lowest BCUT2D eigenvalue weighted by Crippen LogP contribution is -2.28. The highest BCUT2D eigenvalue weighted by Gasteiger charge is 2.15. The minimum Gasteiger partial charge on any atom is -0.545 e. The van der Waals surface area contributed by atoms with Gasteiger partial charge in [0.05, 0.1) is 22.6 Å². The van der Waals surface area contributed by atoms with Crippen LogP contribution in [0.3, 0.4) is 0 Å². The van der Waals surface area contributed by atoms with Crippen molar-refractivity contribution >= 4 is 46.7 Å². The van der Waals surface area contributed by atoms with Crippen molar-refractivity contribution in [2.75, 3.05) is 5.32 Å². The van der Waals surface area contributed by atoms with E-state index in [4.69, 9.17) is 23.2 Å². The summed E-state index contributed by atoms with van der Waals surface area (Å²) in [6.45, 7) is 0. The number of aromatic carboxylic acids is 2. The molecule has 2 aromatic rings. The summed E-state index contributed by atoms with van der Waals surface area (Å²) in [6.07, 6.45) is 0. The van der Waals surface area contributed by atoms with Gasteiger partial charge in [-0.3, -0.25) is 4.79 Å². The SMILES string of the molecule is O=C([O-])c1ccc(C(=O)Nc2cc(Cl)ccc2Cl)c(C(=O)[O-])c1. The van der Waals surface area contributed by atoms with Gasteiger partial charge >= 0.3 is 0 Å². The molecule has 1 amide bonds. The third kappa shape index (κ3) is 3.80. The summed E-state index contributed by atoms with van der Waals surface area (Å²) in [5, 5.41) is 24.8. The van der Waals surface area contributed by atoms with E-state index in [2.05, 4.69) is 5.32 Å². The van der Waals surface area contributed by atoms with Crippen LogP contribution in [0.1, 0.15) is 31.1 Å². The summed E-state index contributed by atoms with van der Waals surface area (Å²) >= 11 is 11.7. The maximum Gasteiger partial charge on any atom is 0.256 e. The third-order valence-corrected chi connectivity index (χ3v) is 3.46. The van der Waals surface area contributed by atoms with Crippen LogP contribution in [-0.4, -0.2) is 17.8 Å². The van der Waals surface area contributed by atoms with Gasteiger partial charge in [-0.05, 0) is 35.9 Å². The van der Waals surface area contributed by atoms with Gasteiger partial charge in [0.1, 0.15) is 0 Å². The molecule has 2 rings (SSSR count). The second-order valence-corrected chi connectivity index (χ2v) is 5.26. The number of carboxylic acid groups (broad SMARTS) is 2. The Balaban J connectivity index is 2.41. The zero-order valence-corrected chi connectivity index (χ0v) is 12.8. The topological polar surface area (TPSA) is 109 Å². The van der Waals surface area contributed by atoms with Gasteiger partial charge in [0.15, 0.2) is 0 Å². The number of halogens is 2. The largest absolute Gasteiger partial charge is 0.545 e. The number of carbonyl (C=O) groups is 3. The maximum atomic E-state index is 12.2. The monoisotopic (exact) mass is 351 g/mol. The molecule has 0 atom stereocenters. The first-order valence-electron chi connectivity index (χ1n) is 6.12. The summed E-state index contributed by atoms with van der Waals surface area (Å²) in [6, 6.07) is 7.24. The average Bonchev–Trinajstić information content (AvgIpc) is 2.50. The molecule has 23 heavy (non-hydrogen) atoms. The van der Waals surface area contributed by atoms with Crippen molar-refractivity contribution in [3.05, 3.63) is 63.1 Å². The number of hydrogen-bond donors (Lipinski definition) is 1. The number of anilines is 1. The second kappa shape index (κ2) is 6.68. The number of rotatable bonds is 4. The van der Waals surface area contributed by atoms with Crippen molar-refractivity contribution in [2.24, 2.45) is 0 Å². The number of benzene rings is 2. The zero-order valence-electron chi connectivity index (χ0n) is 11.3. The Morgan fingerprint density at radius 1 is 0.870 bits per heavy atom. The normalized spacial score (nSPS) is 10.2. The predicted molar refractivity (Wildman–Crippen MR) is 79.5 cm³/mol. The van der Waals surface area contributed by atoms with E-state index in [9.17, 15) is 24.6 Å². The number of amides is 1. The molecule has 0 bridgehead atoms. The standard InChI is InChI=1S/C15H9Cl2NO5/c16-8-2-4-11(17)12(6-8)18-13(19)9-3-1-7(14(20)21)5-10(9)15(22)23/h1-6H,(H,18,19)(H,20,21)(H,22,23)/p-2. The fraction of sp³-hybridized carbons (Fsp3) is 0. The first kappa shape index (κ1) is 16.8. The summed E-state index contributed by atoms with van der Waals surface area (Å²) < 4.78 is 0. The first-order valence-corrected chi connectivity index (χ1v) is 6.88. The predicted octanol–water partition coefficient (Wildman–Crippen LogP) is 0.973. The van der Waals surface area contributed by atoms with Crippen LogP contribution in [0.25, 0.3) is 0 Å². The summed E-state index contributed by atoms with van der Waals surface area (Å²) in [4.78, 5) is 34.1. The van der Waals surface area contributed by atoms with E-state index in [1.54, 1.807) is 0 Å². The molecule has 0 heterocycles. The maximum absolute atomic E-state index is 12.2. The molecular formula is C15H7Cl2NO5-2. The molecular weight excluding hydrogens is 345 g/mol. The van der Waals surface area contributed by atoms with Gasteiger partial charge in [-0.25, -0.2) is 0 Å². The van der Waals surface area contributed by atoms with Crippen molar-refractivity contribution in [1.29, 1.82) is 0 Å². The van der Waals surface area contributed by atoms with Crippen molar-refractivity contribution in [3.8, 4) is 0 Å². The molecule has 0 aliphatic carbocycles. The number of hydrogen-bond acceptors (Lipinski definition) is 5. The molecule has 118 valence electrons. The van der Waals surface area contributed by atoms with Gasteiger partial charge in [0.25, 0.3) is 5.91 Å². The van der Waals surface area contributed by atoms with E-state index in [1.807, 2.05) is 0 Å². The summed E-state index contributed by atoms with van der Waals surface area (Å²) in [7, 11) is 0. The Morgan fingerprint density at radius 2 is 1.57 bits per heavy atom. The highest BCUT2D eigenvalue weighted by atomic mass is 35.5. The van der Waals surface area contributed by atoms with Crippen LogP contribution in [0.5, 0.6) is 0 Å². The van der Waals surface area contributed by atoms with E-state index < -0.39 is 23.4 Å². The average molecular weight is 352 g/mol. The minimum absolute atomic E-state index is 0.178.